The SMILES string of the molecule is CC1(C)c2ccccc2N2c3ccccc3Oc3cc(-c4ccc(N(c5ccc(-c6ccccc6)cc5)c5ccc(-c6ccccc6)cc5)cc4)cc1c32. The second kappa shape index (κ2) is 12.7. The van der Waals surface area contributed by atoms with Crippen LogP contribution in [0, 0.1) is 0 Å². The molecule has 0 aromatic heterocycles. The van der Waals surface area contributed by atoms with E-state index >= 15 is 0 Å². The monoisotopic (exact) mass is 694 g/mol. The molecule has 0 bridgehead atoms. The third kappa shape index (κ3) is 5.28. The van der Waals surface area contributed by atoms with E-state index in [1.54, 1.807) is 0 Å². The van der Waals surface area contributed by atoms with Crippen molar-refractivity contribution in [1.82, 2.24) is 0 Å². The van der Waals surface area contributed by atoms with Gasteiger partial charge in [0.1, 0.15) is 0 Å². The summed E-state index contributed by atoms with van der Waals surface area (Å²) in [5, 5.41) is 0. The highest BCUT2D eigenvalue weighted by atomic mass is 16.5. The zero-order valence-corrected chi connectivity index (χ0v) is 30.3. The van der Waals surface area contributed by atoms with Gasteiger partial charge in [-0.05, 0) is 111 Å². The third-order valence-corrected chi connectivity index (χ3v) is 11.0. The number of anilines is 6. The van der Waals surface area contributed by atoms with Crippen LogP contribution in [-0.4, -0.2) is 0 Å². The van der Waals surface area contributed by atoms with E-state index in [1.807, 2.05) is 6.07 Å². The molecule has 0 N–H and O–H groups in total. The Bertz CT molecular complexity index is 2550. The summed E-state index contributed by atoms with van der Waals surface area (Å²) in [6.45, 7) is 4.66. The Morgan fingerprint density at radius 1 is 0.389 bits per heavy atom. The van der Waals surface area contributed by atoms with Gasteiger partial charge in [0, 0.05) is 22.5 Å². The number of rotatable bonds is 6. The molecule has 2 heterocycles. The summed E-state index contributed by atoms with van der Waals surface area (Å²) in [6, 6.07) is 69.5. The molecule has 8 aromatic rings. The van der Waals surface area contributed by atoms with Crippen molar-refractivity contribution in [3.05, 3.63) is 205 Å². The van der Waals surface area contributed by atoms with Crippen LogP contribution in [0.2, 0.25) is 0 Å². The van der Waals surface area contributed by atoms with Gasteiger partial charge in [-0.1, -0.05) is 141 Å². The van der Waals surface area contributed by atoms with Crippen LogP contribution in [0.1, 0.15) is 25.0 Å². The van der Waals surface area contributed by atoms with Crippen LogP contribution in [0.4, 0.5) is 34.1 Å². The molecule has 0 saturated heterocycles. The van der Waals surface area contributed by atoms with Gasteiger partial charge in [-0.25, -0.2) is 0 Å². The lowest BCUT2D eigenvalue weighted by atomic mass is 9.72. The molecule has 8 aromatic carbocycles. The Morgan fingerprint density at radius 3 is 1.39 bits per heavy atom. The lowest BCUT2D eigenvalue weighted by molar-refractivity contribution is 0.471. The minimum atomic E-state index is -0.225. The normalized spacial score (nSPS) is 13.3. The summed E-state index contributed by atoms with van der Waals surface area (Å²) in [4.78, 5) is 4.73. The molecular weight excluding hydrogens is 657 g/mol. The molecule has 0 radical (unpaired) electrons. The van der Waals surface area contributed by atoms with Gasteiger partial charge in [0.05, 0.1) is 17.1 Å². The van der Waals surface area contributed by atoms with Crippen LogP contribution in [0.15, 0.2) is 194 Å². The summed E-state index contributed by atoms with van der Waals surface area (Å²) in [5.74, 6) is 1.75. The third-order valence-electron chi connectivity index (χ3n) is 11.0. The number of hydrogen-bond acceptors (Lipinski definition) is 3. The smallest absolute Gasteiger partial charge is 0.152 e. The Kier molecular flexibility index (Phi) is 7.48. The molecule has 3 heteroatoms. The number of benzene rings is 8. The summed E-state index contributed by atoms with van der Waals surface area (Å²) in [5.41, 5.74) is 16.1. The van der Waals surface area contributed by atoms with Gasteiger partial charge in [0.15, 0.2) is 11.5 Å². The van der Waals surface area contributed by atoms with Crippen LogP contribution in [0.5, 0.6) is 11.5 Å². The summed E-state index contributed by atoms with van der Waals surface area (Å²) >= 11 is 0. The molecule has 0 amide bonds. The van der Waals surface area contributed by atoms with Gasteiger partial charge in [-0.2, -0.15) is 0 Å². The Labute approximate surface area is 317 Å². The van der Waals surface area contributed by atoms with E-state index in [0.717, 1.165) is 51.1 Å². The molecule has 2 aliphatic rings. The van der Waals surface area contributed by atoms with Gasteiger partial charge in [-0.15, -0.1) is 0 Å². The second-order valence-corrected chi connectivity index (χ2v) is 14.6. The summed E-state index contributed by atoms with van der Waals surface area (Å²) in [6.07, 6.45) is 0. The number of fused-ring (bicyclic) bond motifs is 4. The van der Waals surface area contributed by atoms with Crippen molar-refractivity contribution in [1.29, 1.82) is 0 Å². The first kappa shape index (κ1) is 31.9. The molecule has 2 aliphatic heterocycles. The van der Waals surface area contributed by atoms with Gasteiger partial charge in [0.2, 0.25) is 0 Å². The van der Waals surface area contributed by atoms with Gasteiger partial charge in [0.25, 0.3) is 0 Å². The standard InChI is InChI=1S/C51H38N2O/c1-51(2)44-17-9-10-18-46(44)53-47-19-11-12-20-48(47)54-49-34-40(33-45(51)50(49)53)39-25-31-43(32-26-39)52(41-27-21-37(22-28-41)35-13-5-3-6-14-35)42-29-23-38(24-30-42)36-15-7-4-8-16-36/h3-34H,1-2H3. The number of hydrogen-bond donors (Lipinski definition) is 0. The average molecular weight is 695 g/mol. The van der Waals surface area contributed by atoms with Crippen LogP contribution in [0.3, 0.4) is 0 Å². The average Bonchev–Trinajstić information content (AvgIpc) is 3.23. The van der Waals surface area contributed by atoms with E-state index in [0.29, 0.717) is 0 Å². The van der Waals surface area contributed by atoms with Crippen LogP contribution >= 0.6 is 0 Å². The molecule has 0 fully saturated rings. The van der Waals surface area contributed by atoms with E-state index in [-0.39, 0.29) is 5.41 Å². The van der Waals surface area contributed by atoms with Crippen molar-refractivity contribution in [2.75, 3.05) is 9.80 Å². The molecule has 0 aliphatic carbocycles. The van der Waals surface area contributed by atoms with Crippen molar-refractivity contribution in [2.24, 2.45) is 0 Å². The first-order chi connectivity index (χ1) is 26.5. The highest BCUT2D eigenvalue weighted by Crippen LogP contribution is 2.60. The lowest BCUT2D eigenvalue weighted by Crippen LogP contribution is -2.32. The van der Waals surface area contributed by atoms with E-state index in [4.69, 9.17) is 4.74 Å². The highest BCUT2D eigenvalue weighted by Gasteiger charge is 2.41. The van der Waals surface area contributed by atoms with Crippen molar-refractivity contribution < 1.29 is 4.74 Å². The zero-order valence-electron chi connectivity index (χ0n) is 30.3. The van der Waals surface area contributed by atoms with E-state index in [1.165, 1.54) is 39.1 Å². The fourth-order valence-corrected chi connectivity index (χ4v) is 8.24. The maximum Gasteiger partial charge on any atom is 0.152 e. The number of ether oxygens (including phenoxy) is 1. The first-order valence-electron chi connectivity index (χ1n) is 18.6. The van der Waals surface area contributed by atoms with Crippen LogP contribution in [0.25, 0.3) is 33.4 Å². The van der Waals surface area contributed by atoms with E-state index < -0.39 is 0 Å². The second-order valence-electron chi connectivity index (χ2n) is 14.6. The topological polar surface area (TPSA) is 15.7 Å². The number of para-hydroxylation sites is 3. The molecule has 54 heavy (non-hydrogen) atoms. The molecule has 0 saturated carbocycles. The molecule has 0 unspecified atom stereocenters. The van der Waals surface area contributed by atoms with E-state index in [2.05, 4.69) is 212 Å². The Balaban J connectivity index is 1.06. The zero-order chi connectivity index (χ0) is 36.2. The molecular formula is C51H38N2O. The van der Waals surface area contributed by atoms with Gasteiger partial charge < -0.3 is 14.5 Å². The van der Waals surface area contributed by atoms with Crippen molar-refractivity contribution in [3.8, 4) is 44.9 Å². The fourth-order valence-electron chi connectivity index (χ4n) is 8.24. The van der Waals surface area contributed by atoms with Crippen LogP contribution in [-0.2, 0) is 5.41 Å². The van der Waals surface area contributed by atoms with E-state index in [9.17, 15) is 0 Å². The largest absolute Gasteiger partial charge is 0.453 e. The van der Waals surface area contributed by atoms with Crippen LogP contribution < -0.4 is 14.5 Å². The maximum atomic E-state index is 6.71. The summed E-state index contributed by atoms with van der Waals surface area (Å²) < 4.78 is 6.71. The van der Waals surface area contributed by atoms with Crippen molar-refractivity contribution >= 4 is 34.1 Å². The van der Waals surface area contributed by atoms with Gasteiger partial charge >= 0.3 is 0 Å². The molecule has 0 spiro atoms. The maximum absolute atomic E-state index is 6.71. The first-order valence-corrected chi connectivity index (χ1v) is 18.6. The predicted octanol–water partition coefficient (Wildman–Crippen LogP) is 14.4. The highest BCUT2D eigenvalue weighted by molar-refractivity contribution is 5.95. The Hall–Kier alpha value is -6.84. The fraction of sp³-hybridized carbons (Fsp3) is 0.0588. The number of nitrogens with zero attached hydrogens (tertiary/aromatic N) is 2. The lowest BCUT2D eigenvalue weighted by Gasteiger charge is -2.45. The minimum absolute atomic E-state index is 0.225. The quantitative estimate of drug-likeness (QED) is 0.172. The Morgan fingerprint density at radius 2 is 0.833 bits per heavy atom. The van der Waals surface area contributed by atoms with Crippen molar-refractivity contribution in [2.45, 2.75) is 19.3 Å². The van der Waals surface area contributed by atoms with Crippen molar-refractivity contribution in [3.63, 3.8) is 0 Å². The van der Waals surface area contributed by atoms with Gasteiger partial charge in [-0.3, -0.25) is 0 Å². The molecule has 10 rings (SSSR count). The predicted molar refractivity (Wildman–Crippen MR) is 224 cm³/mol. The summed E-state index contributed by atoms with van der Waals surface area (Å²) in [7, 11) is 0. The molecule has 3 nitrogen and oxygen atoms in total. The molecule has 0 atom stereocenters. The molecule has 258 valence electrons. The minimum Gasteiger partial charge on any atom is -0.453 e.